The summed E-state index contributed by atoms with van der Waals surface area (Å²) in [5.74, 6) is -0.345. The molecule has 0 aromatic heterocycles. The molecule has 0 radical (unpaired) electrons. The summed E-state index contributed by atoms with van der Waals surface area (Å²) in [6.07, 6.45) is 3.70. The minimum atomic E-state index is -0.345. The molecular formula is C8H13NO2. The summed E-state index contributed by atoms with van der Waals surface area (Å²) in [5, 5.41) is 3.22. The van der Waals surface area contributed by atoms with Crippen molar-refractivity contribution in [1.29, 1.82) is 0 Å². The molecule has 0 aromatic rings. The van der Waals surface area contributed by atoms with Gasteiger partial charge in [0.15, 0.2) is 0 Å². The van der Waals surface area contributed by atoms with Crippen LogP contribution in [0.2, 0.25) is 0 Å². The van der Waals surface area contributed by atoms with Crippen LogP contribution in [0, 0.1) is 0 Å². The fourth-order valence-corrected chi connectivity index (χ4v) is 0.761. The summed E-state index contributed by atoms with van der Waals surface area (Å²) in [6.45, 7) is 4.49. The number of carbonyl (C=O) groups excluding carboxylic acids is 1. The van der Waals surface area contributed by atoms with Crippen LogP contribution in [0.4, 0.5) is 0 Å². The molecule has 1 rings (SSSR count). The van der Waals surface area contributed by atoms with Gasteiger partial charge in [-0.15, -0.1) is 0 Å². The van der Waals surface area contributed by atoms with Gasteiger partial charge in [-0.1, -0.05) is 6.58 Å². The van der Waals surface area contributed by atoms with E-state index in [-0.39, 0.29) is 5.97 Å². The molecule has 0 unspecified atom stereocenters. The Morgan fingerprint density at radius 1 is 1.73 bits per heavy atom. The van der Waals surface area contributed by atoms with Gasteiger partial charge in [0.1, 0.15) is 6.61 Å². The highest BCUT2D eigenvalue weighted by Gasteiger charge is 2.19. The van der Waals surface area contributed by atoms with Gasteiger partial charge >= 0.3 is 5.97 Å². The molecule has 3 nitrogen and oxygen atoms in total. The lowest BCUT2D eigenvalue weighted by Crippen LogP contribution is -2.22. The number of ether oxygens (including phenoxy) is 1. The maximum absolute atomic E-state index is 10.5. The molecule has 1 saturated carbocycles. The molecule has 0 saturated heterocycles. The number of nitrogens with one attached hydrogen (secondary N) is 1. The average Bonchev–Trinajstić information content (AvgIpc) is 2.81. The van der Waals surface area contributed by atoms with Crippen LogP contribution in [-0.4, -0.2) is 25.2 Å². The Balaban J connectivity index is 1.86. The SMILES string of the molecule is C=CC(=O)OCCNC1CC1. The van der Waals surface area contributed by atoms with Crippen molar-refractivity contribution in [2.75, 3.05) is 13.2 Å². The lowest BCUT2D eigenvalue weighted by molar-refractivity contribution is -0.137. The fraction of sp³-hybridized carbons (Fsp3) is 0.625. The van der Waals surface area contributed by atoms with Crippen LogP contribution in [-0.2, 0) is 9.53 Å². The normalized spacial score (nSPS) is 16.0. The van der Waals surface area contributed by atoms with Gasteiger partial charge in [0.2, 0.25) is 0 Å². The van der Waals surface area contributed by atoms with Gasteiger partial charge in [0, 0.05) is 18.7 Å². The van der Waals surface area contributed by atoms with Crippen molar-refractivity contribution in [2.24, 2.45) is 0 Å². The van der Waals surface area contributed by atoms with Gasteiger partial charge in [-0.3, -0.25) is 0 Å². The van der Waals surface area contributed by atoms with Crippen LogP contribution < -0.4 is 5.32 Å². The summed E-state index contributed by atoms with van der Waals surface area (Å²) in [6, 6.07) is 0.678. The summed E-state index contributed by atoms with van der Waals surface area (Å²) in [5.41, 5.74) is 0. The van der Waals surface area contributed by atoms with Crippen molar-refractivity contribution in [3.05, 3.63) is 12.7 Å². The largest absolute Gasteiger partial charge is 0.461 e. The first kappa shape index (κ1) is 8.27. The minimum absolute atomic E-state index is 0.345. The fourth-order valence-electron chi connectivity index (χ4n) is 0.761. The van der Waals surface area contributed by atoms with E-state index in [4.69, 9.17) is 4.74 Å². The second-order valence-corrected chi connectivity index (χ2v) is 2.60. The highest BCUT2D eigenvalue weighted by atomic mass is 16.5. The van der Waals surface area contributed by atoms with Crippen molar-refractivity contribution in [3.8, 4) is 0 Å². The molecule has 0 spiro atoms. The van der Waals surface area contributed by atoms with E-state index in [1.807, 2.05) is 0 Å². The predicted molar refractivity (Wildman–Crippen MR) is 42.2 cm³/mol. The van der Waals surface area contributed by atoms with Crippen molar-refractivity contribution in [2.45, 2.75) is 18.9 Å². The van der Waals surface area contributed by atoms with Crippen molar-refractivity contribution >= 4 is 5.97 Å². The molecule has 0 bridgehead atoms. The van der Waals surface area contributed by atoms with E-state index in [1.165, 1.54) is 18.9 Å². The zero-order valence-electron chi connectivity index (χ0n) is 6.51. The summed E-state index contributed by atoms with van der Waals surface area (Å²) >= 11 is 0. The van der Waals surface area contributed by atoms with Gasteiger partial charge in [0.05, 0.1) is 0 Å². The third-order valence-corrected chi connectivity index (χ3v) is 1.52. The minimum Gasteiger partial charge on any atom is -0.461 e. The Morgan fingerprint density at radius 3 is 3.00 bits per heavy atom. The van der Waals surface area contributed by atoms with Crippen molar-refractivity contribution in [3.63, 3.8) is 0 Å². The predicted octanol–water partition coefficient (Wildman–Crippen LogP) is 0.468. The molecule has 1 aliphatic rings. The third kappa shape index (κ3) is 3.78. The lowest BCUT2D eigenvalue weighted by atomic mass is 10.6. The Kier molecular flexibility index (Phi) is 3.11. The van der Waals surface area contributed by atoms with Gasteiger partial charge in [0.25, 0.3) is 0 Å². The molecule has 11 heavy (non-hydrogen) atoms. The van der Waals surface area contributed by atoms with Crippen LogP contribution in [0.25, 0.3) is 0 Å². The van der Waals surface area contributed by atoms with Gasteiger partial charge in [-0.25, -0.2) is 4.79 Å². The highest BCUT2D eigenvalue weighted by Crippen LogP contribution is 2.17. The molecule has 0 aromatic carbocycles. The van der Waals surface area contributed by atoms with Crippen molar-refractivity contribution < 1.29 is 9.53 Å². The number of hydrogen-bond donors (Lipinski definition) is 1. The zero-order chi connectivity index (χ0) is 8.10. The second kappa shape index (κ2) is 4.13. The maximum Gasteiger partial charge on any atom is 0.330 e. The van der Waals surface area contributed by atoms with E-state index in [0.29, 0.717) is 12.6 Å². The highest BCUT2D eigenvalue weighted by molar-refractivity contribution is 5.81. The summed E-state index contributed by atoms with van der Waals surface area (Å²) in [4.78, 5) is 10.5. The van der Waals surface area contributed by atoms with E-state index < -0.39 is 0 Å². The van der Waals surface area contributed by atoms with E-state index >= 15 is 0 Å². The molecule has 1 aliphatic carbocycles. The molecule has 1 N–H and O–H groups in total. The molecule has 3 heteroatoms. The standard InChI is InChI=1S/C8H13NO2/c1-2-8(10)11-6-5-9-7-3-4-7/h2,7,9H,1,3-6H2. The third-order valence-electron chi connectivity index (χ3n) is 1.52. The Hall–Kier alpha value is -0.830. The van der Waals surface area contributed by atoms with E-state index in [2.05, 4.69) is 11.9 Å². The van der Waals surface area contributed by atoms with Crippen molar-refractivity contribution in [1.82, 2.24) is 5.32 Å². The summed E-state index contributed by atoms with van der Waals surface area (Å²) < 4.78 is 4.75. The smallest absolute Gasteiger partial charge is 0.330 e. The first-order chi connectivity index (χ1) is 5.33. The average molecular weight is 155 g/mol. The van der Waals surface area contributed by atoms with Gasteiger partial charge in [-0.05, 0) is 12.8 Å². The first-order valence-electron chi connectivity index (χ1n) is 3.85. The topological polar surface area (TPSA) is 38.3 Å². The van der Waals surface area contributed by atoms with Crippen LogP contribution in [0.1, 0.15) is 12.8 Å². The molecule has 0 atom stereocenters. The quantitative estimate of drug-likeness (QED) is 0.356. The lowest BCUT2D eigenvalue weighted by Gasteiger charge is -2.01. The molecule has 1 fully saturated rings. The van der Waals surface area contributed by atoms with E-state index in [1.54, 1.807) is 0 Å². The van der Waals surface area contributed by atoms with Gasteiger partial charge in [-0.2, -0.15) is 0 Å². The van der Waals surface area contributed by atoms with Crippen LogP contribution >= 0.6 is 0 Å². The van der Waals surface area contributed by atoms with Gasteiger partial charge < -0.3 is 10.1 Å². The second-order valence-electron chi connectivity index (χ2n) is 2.60. The Labute approximate surface area is 66.4 Å². The Bertz CT molecular complexity index is 152. The molecule has 0 heterocycles. The summed E-state index contributed by atoms with van der Waals surface area (Å²) in [7, 11) is 0. The molecule has 62 valence electrons. The van der Waals surface area contributed by atoms with E-state index in [9.17, 15) is 4.79 Å². The number of carbonyl (C=O) groups is 1. The molecular weight excluding hydrogens is 142 g/mol. The first-order valence-corrected chi connectivity index (χ1v) is 3.85. The Morgan fingerprint density at radius 2 is 2.45 bits per heavy atom. The number of esters is 1. The number of hydrogen-bond acceptors (Lipinski definition) is 3. The maximum atomic E-state index is 10.5. The monoisotopic (exact) mass is 155 g/mol. The van der Waals surface area contributed by atoms with Crippen LogP contribution in [0.5, 0.6) is 0 Å². The van der Waals surface area contributed by atoms with Crippen LogP contribution in [0.15, 0.2) is 12.7 Å². The van der Waals surface area contributed by atoms with Crippen LogP contribution in [0.3, 0.4) is 0 Å². The zero-order valence-corrected chi connectivity index (χ0v) is 6.51. The molecule has 0 aliphatic heterocycles. The number of rotatable bonds is 5. The van der Waals surface area contributed by atoms with E-state index in [0.717, 1.165) is 6.54 Å². The molecule has 0 amide bonds.